The Labute approximate surface area is 287 Å². The van der Waals surface area contributed by atoms with Crippen LogP contribution in [-0.2, 0) is 27.3 Å². The van der Waals surface area contributed by atoms with Gasteiger partial charge in [-0.2, -0.15) is 0 Å². The Hall–Kier alpha value is -4.79. The van der Waals surface area contributed by atoms with Gasteiger partial charge in [0.05, 0.1) is 35.0 Å². The van der Waals surface area contributed by atoms with Crippen LogP contribution < -0.4 is 5.56 Å². The second-order valence-electron chi connectivity index (χ2n) is 13.4. The zero-order chi connectivity index (χ0) is 34.7. The SMILES string of the molecule is CCC(CCCN1CCCC1=O)C(=Nc1cc2[nH]c(=O)c(CCC(=O)OC(C)C)nc2cc1C)c1ccc2c(c1)c1ccccc1n2CC. The number of carbonyl (C=O) groups is 2. The highest BCUT2D eigenvalue weighted by Gasteiger charge is 2.23. The molecule has 9 nitrogen and oxygen atoms in total. The van der Waals surface area contributed by atoms with Crippen molar-refractivity contribution in [2.24, 2.45) is 10.9 Å². The fraction of sp³-hybridized carbons (Fsp3) is 0.425. The molecule has 3 heterocycles. The van der Waals surface area contributed by atoms with E-state index in [4.69, 9.17) is 9.73 Å². The van der Waals surface area contributed by atoms with Crippen LogP contribution in [-0.4, -0.2) is 56.2 Å². The number of amides is 1. The van der Waals surface area contributed by atoms with E-state index in [9.17, 15) is 14.4 Å². The molecule has 1 atom stereocenters. The zero-order valence-electron chi connectivity index (χ0n) is 29.3. The first-order valence-corrected chi connectivity index (χ1v) is 17.8. The van der Waals surface area contributed by atoms with Gasteiger partial charge in [-0.05, 0) is 94.8 Å². The summed E-state index contributed by atoms with van der Waals surface area (Å²) in [6.07, 6.45) is 4.40. The van der Waals surface area contributed by atoms with Crippen LogP contribution in [0.5, 0.6) is 0 Å². The van der Waals surface area contributed by atoms with E-state index in [1.165, 1.54) is 21.8 Å². The Morgan fingerprint density at radius 3 is 2.57 bits per heavy atom. The third-order valence-corrected chi connectivity index (χ3v) is 9.67. The molecule has 1 unspecified atom stereocenters. The summed E-state index contributed by atoms with van der Waals surface area (Å²) in [5.74, 6) is 0.0716. The molecule has 0 radical (unpaired) electrons. The Morgan fingerprint density at radius 1 is 1.04 bits per heavy atom. The van der Waals surface area contributed by atoms with Gasteiger partial charge in [-0.1, -0.05) is 31.2 Å². The average molecular weight is 662 g/mol. The molecule has 0 bridgehead atoms. The molecule has 5 aromatic rings. The summed E-state index contributed by atoms with van der Waals surface area (Å²) in [6.45, 7) is 12.5. The highest BCUT2D eigenvalue weighted by atomic mass is 16.5. The van der Waals surface area contributed by atoms with Gasteiger partial charge in [0.25, 0.3) is 5.56 Å². The summed E-state index contributed by atoms with van der Waals surface area (Å²) >= 11 is 0. The Balaban J connectivity index is 1.39. The number of hydrogen-bond donors (Lipinski definition) is 1. The summed E-state index contributed by atoms with van der Waals surface area (Å²) in [5, 5.41) is 2.42. The fourth-order valence-electron chi connectivity index (χ4n) is 7.17. The number of benzene rings is 3. The number of aryl methyl sites for hydroxylation is 3. The van der Waals surface area contributed by atoms with E-state index in [0.717, 1.165) is 67.8 Å². The van der Waals surface area contributed by atoms with Crippen molar-refractivity contribution in [1.82, 2.24) is 19.4 Å². The van der Waals surface area contributed by atoms with E-state index in [0.29, 0.717) is 23.1 Å². The Morgan fingerprint density at radius 2 is 1.84 bits per heavy atom. The first-order valence-electron chi connectivity index (χ1n) is 17.8. The predicted molar refractivity (Wildman–Crippen MR) is 197 cm³/mol. The molecule has 3 aromatic carbocycles. The third-order valence-electron chi connectivity index (χ3n) is 9.67. The highest BCUT2D eigenvalue weighted by molar-refractivity contribution is 6.12. The third kappa shape index (κ3) is 7.31. The van der Waals surface area contributed by atoms with Crippen LogP contribution in [0.3, 0.4) is 0 Å². The molecule has 2 aromatic heterocycles. The lowest BCUT2D eigenvalue weighted by Crippen LogP contribution is -2.26. The van der Waals surface area contributed by atoms with E-state index in [2.05, 4.69) is 70.8 Å². The summed E-state index contributed by atoms with van der Waals surface area (Å²) in [4.78, 5) is 52.5. The maximum Gasteiger partial charge on any atom is 0.306 e. The first-order chi connectivity index (χ1) is 23.7. The molecule has 1 aliphatic rings. The number of ether oxygens (including phenoxy) is 1. The van der Waals surface area contributed by atoms with Gasteiger partial charge in [0, 0.05) is 60.2 Å². The molecule has 0 aliphatic carbocycles. The number of esters is 1. The number of para-hydroxylation sites is 1. The number of fused-ring (bicyclic) bond motifs is 4. The van der Waals surface area contributed by atoms with Crippen LogP contribution in [0.15, 0.2) is 64.4 Å². The maximum absolute atomic E-state index is 13.0. The number of H-pyrrole nitrogens is 1. The summed E-state index contributed by atoms with van der Waals surface area (Å²) < 4.78 is 7.59. The monoisotopic (exact) mass is 661 g/mol. The lowest BCUT2D eigenvalue weighted by atomic mass is 9.89. The molecule has 49 heavy (non-hydrogen) atoms. The zero-order valence-corrected chi connectivity index (χ0v) is 29.3. The van der Waals surface area contributed by atoms with E-state index in [-0.39, 0.29) is 42.3 Å². The lowest BCUT2D eigenvalue weighted by Gasteiger charge is -2.21. The van der Waals surface area contributed by atoms with Crippen molar-refractivity contribution < 1.29 is 14.3 Å². The van der Waals surface area contributed by atoms with Crippen molar-refractivity contribution in [3.63, 3.8) is 0 Å². The van der Waals surface area contributed by atoms with Gasteiger partial charge in [-0.25, -0.2) is 4.98 Å². The topological polar surface area (TPSA) is 110 Å². The van der Waals surface area contributed by atoms with Crippen molar-refractivity contribution in [3.05, 3.63) is 81.8 Å². The van der Waals surface area contributed by atoms with Gasteiger partial charge in [0.15, 0.2) is 0 Å². The van der Waals surface area contributed by atoms with Gasteiger partial charge in [0.2, 0.25) is 5.91 Å². The number of likely N-dealkylation sites (tertiary alicyclic amines) is 1. The average Bonchev–Trinajstić information content (AvgIpc) is 3.64. The van der Waals surface area contributed by atoms with Crippen LogP contribution in [0.1, 0.15) is 83.0 Å². The van der Waals surface area contributed by atoms with Gasteiger partial charge >= 0.3 is 5.97 Å². The van der Waals surface area contributed by atoms with E-state index >= 15 is 0 Å². The van der Waals surface area contributed by atoms with Crippen LogP contribution in [0.4, 0.5) is 5.69 Å². The molecule has 0 saturated carbocycles. The van der Waals surface area contributed by atoms with Crippen LogP contribution >= 0.6 is 0 Å². The number of nitrogens with one attached hydrogen (secondary N) is 1. The summed E-state index contributed by atoms with van der Waals surface area (Å²) in [6, 6.07) is 19.1. The van der Waals surface area contributed by atoms with Crippen molar-refractivity contribution in [2.45, 2.75) is 92.2 Å². The molecule has 1 saturated heterocycles. The molecular formula is C40H47N5O4. The molecule has 1 amide bonds. The summed E-state index contributed by atoms with van der Waals surface area (Å²) in [5.41, 5.74) is 7.46. The number of carbonyl (C=O) groups excluding carboxylic acids is 2. The number of nitrogens with zero attached hydrogens (tertiary/aromatic N) is 4. The smallest absolute Gasteiger partial charge is 0.306 e. The highest BCUT2D eigenvalue weighted by Crippen LogP contribution is 2.33. The Kier molecular flexibility index (Phi) is 10.3. The molecule has 1 aliphatic heterocycles. The van der Waals surface area contributed by atoms with Gasteiger partial charge in [0.1, 0.15) is 5.69 Å². The molecule has 256 valence electrons. The molecule has 0 spiro atoms. The maximum atomic E-state index is 13.0. The minimum absolute atomic E-state index is 0.0933. The lowest BCUT2D eigenvalue weighted by molar-refractivity contribution is -0.147. The largest absolute Gasteiger partial charge is 0.463 e. The minimum atomic E-state index is -0.348. The number of aromatic nitrogens is 3. The quantitative estimate of drug-likeness (QED) is 0.102. The Bertz CT molecular complexity index is 2110. The van der Waals surface area contributed by atoms with Gasteiger partial charge in [-0.3, -0.25) is 19.4 Å². The molecule has 1 fully saturated rings. The second kappa shape index (κ2) is 14.8. The minimum Gasteiger partial charge on any atom is -0.463 e. The van der Waals surface area contributed by atoms with Crippen molar-refractivity contribution >= 4 is 56.1 Å². The number of aliphatic imine (C=N–C) groups is 1. The molecular weight excluding hydrogens is 614 g/mol. The van der Waals surface area contributed by atoms with Crippen molar-refractivity contribution in [3.8, 4) is 0 Å². The van der Waals surface area contributed by atoms with Crippen molar-refractivity contribution in [1.29, 1.82) is 0 Å². The number of hydrogen-bond acceptors (Lipinski definition) is 6. The van der Waals surface area contributed by atoms with Crippen LogP contribution in [0.25, 0.3) is 32.8 Å². The molecule has 6 rings (SSSR count). The summed E-state index contributed by atoms with van der Waals surface area (Å²) in [7, 11) is 0. The van der Waals surface area contributed by atoms with Crippen LogP contribution in [0, 0.1) is 12.8 Å². The van der Waals surface area contributed by atoms with E-state index in [1.807, 2.05) is 24.0 Å². The van der Waals surface area contributed by atoms with Crippen molar-refractivity contribution in [2.75, 3.05) is 13.1 Å². The first kappa shape index (κ1) is 34.1. The predicted octanol–water partition coefficient (Wildman–Crippen LogP) is 7.79. The normalized spacial score (nSPS) is 14.5. The van der Waals surface area contributed by atoms with E-state index in [1.54, 1.807) is 13.8 Å². The number of rotatable bonds is 13. The fourth-order valence-corrected chi connectivity index (χ4v) is 7.17. The van der Waals surface area contributed by atoms with Crippen LogP contribution in [0.2, 0.25) is 0 Å². The standard InChI is InChI=1S/C40H47N5O4/c1-6-27(12-10-20-44-21-11-15-37(44)46)39(28-16-18-36-30(23-28)29-13-8-9-14-35(29)45(36)7-2)42-32-24-34-33(22-26(32)5)41-31(40(48)43-34)17-19-38(47)49-25(3)4/h8-9,13-14,16,18,22-25,27H,6-7,10-12,15,17,19-21H2,1-5H3,(H,43,48). The van der Waals surface area contributed by atoms with Gasteiger partial charge < -0.3 is 19.2 Å². The van der Waals surface area contributed by atoms with E-state index < -0.39 is 0 Å². The number of aromatic amines is 1. The molecule has 1 N–H and O–H groups in total. The second-order valence-corrected chi connectivity index (χ2v) is 13.4. The van der Waals surface area contributed by atoms with Gasteiger partial charge in [-0.15, -0.1) is 0 Å². The molecule has 9 heteroatoms.